The second-order valence-corrected chi connectivity index (χ2v) is 8.37. The quantitative estimate of drug-likeness (QED) is 0.462. The molecule has 0 radical (unpaired) electrons. The first kappa shape index (κ1) is 21.0. The third-order valence-electron chi connectivity index (χ3n) is 5.98. The fourth-order valence-corrected chi connectivity index (χ4v) is 4.21. The highest BCUT2D eigenvalue weighted by molar-refractivity contribution is 5.99. The number of amides is 1. The molecule has 6 nitrogen and oxygen atoms in total. The molecular formula is C26H25FN4O2. The number of benzene rings is 2. The summed E-state index contributed by atoms with van der Waals surface area (Å²) in [5, 5.41) is 7.73. The molecule has 1 fully saturated rings. The van der Waals surface area contributed by atoms with Crippen molar-refractivity contribution in [3.63, 3.8) is 0 Å². The molecule has 7 heteroatoms. The Hall–Kier alpha value is -3.87. The molecule has 1 saturated heterocycles. The van der Waals surface area contributed by atoms with Crippen molar-refractivity contribution in [2.75, 3.05) is 24.5 Å². The number of aromatic nitrogens is 2. The summed E-state index contributed by atoms with van der Waals surface area (Å²) in [6.45, 7) is 4.13. The maximum Gasteiger partial charge on any atom is 0.255 e. The topological polar surface area (TPSA) is 63.3 Å². The number of nitrogens with zero attached hydrogens (tertiary/aromatic N) is 3. The van der Waals surface area contributed by atoms with Gasteiger partial charge in [-0.05, 0) is 67.8 Å². The Kier molecular flexibility index (Phi) is 5.69. The lowest BCUT2D eigenvalue weighted by molar-refractivity contribution is 0.0948. The Balaban J connectivity index is 1.31. The van der Waals surface area contributed by atoms with Gasteiger partial charge in [0.05, 0.1) is 11.3 Å². The molecule has 1 amide bonds. The molecule has 168 valence electrons. The van der Waals surface area contributed by atoms with Crippen LogP contribution >= 0.6 is 0 Å². The Morgan fingerprint density at radius 3 is 2.61 bits per heavy atom. The van der Waals surface area contributed by atoms with Gasteiger partial charge in [-0.15, -0.1) is 0 Å². The van der Waals surface area contributed by atoms with Gasteiger partial charge < -0.3 is 14.6 Å². The number of anilines is 1. The van der Waals surface area contributed by atoms with Crippen LogP contribution < -0.4 is 10.2 Å². The van der Waals surface area contributed by atoms with Gasteiger partial charge in [-0.3, -0.25) is 4.79 Å². The number of aryl methyl sites for hydroxylation is 1. The van der Waals surface area contributed by atoms with Crippen LogP contribution in [0.4, 0.5) is 10.1 Å². The van der Waals surface area contributed by atoms with Gasteiger partial charge in [-0.1, -0.05) is 18.2 Å². The van der Waals surface area contributed by atoms with Crippen LogP contribution in [0.3, 0.4) is 0 Å². The van der Waals surface area contributed by atoms with E-state index < -0.39 is 0 Å². The standard InChI is InChI=1S/C26H25FN4O2/c1-18-7-12-24(33-18)25-23(17-31(29-25)22-5-3-2-4-6-22)26(32)28-15-19-13-14-30(16-19)21-10-8-20(27)9-11-21/h2-12,17,19H,13-16H2,1H3,(H,28,32). The fraction of sp³-hybridized carbons (Fsp3) is 0.231. The van der Waals surface area contributed by atoms with Crippen LogP contribution in [0.5, 0.6) is 0 Å². The molecule has 1 N–H and O–H groups in total. The van der Waals surface area contributed by atoms with Gasteiger partial charge in [0, 0.05) is 31.5 Å². The van der Waals surface area contributed by atoms with Crippen LogP contribution in [-0.2, 0) is 0 Å². The van der Waals surface area contributed by atoms with E-state index in [1.807, 2.05) is 49.4 Å². The summed E-state index contributed by atoms with van der Waals surface area (Å²) < 4.78 is 20.7. The van der Waals surface area contributed by atoms with Crippen molar-refractivity contribution in [3.8, 4) is 17.1 Å². The number of nitrogens with one attached hydrogen (secondary N) is 1. The summed E-state index contributed by atoms with van der Waals surface area (Å²) in [6.07, 6.45) is 2.71. The van der Waals surface area contributed by atoms with E-state index in [1.54, 1.807) is 23.0 Å². The first-order chi connectivity index (χ1) is 16.1. The highest BCUT2D eigenvalue weighted by Gasteiger charge is 2.25. The van der Waals surface area contributed by atoms with Gasteiger partial charge in [0.2, 0.25) is 0 Å². The van der Waals surface area contributed by atoms with Gasteiger partial charge in [0.25, 0.3) is 5.91 Å². The van der Waals surface area contributed by atoms with Crippen LogP contribution in [-0.4, -0.2) is 35.3 Å². The Morgan fingerprint density at radius 1 is 1.09 bits per heavy atom. The van der Waals surface area contributed by atoms with Crippen molar-refractivity contribution in [2.45, 2.75) is 13.3 Å². The lowest BCUT2D eigenvalue weighted by atomic mass is 10.1. The number of furan rings is 1. The highest BCUT2D eigenvalue weighted by atomic mass is 19.1. The SMILES string of the molecule is Cc1ccc(-c2nn(-c3ccccc3)cc2C(=O)NCC2CCN(c3ccc(F)cc3)C2)o1. The molecule has 1 atom stereocenters. The van der Waals surface area contributed by atoms with Crippen LogP contribution in [0.25, 0.3) is 17.1 Å². The Bertz CT molecular complexity index is 1250. The van der Waals surface area contributed by atoms with Crippen LogP contribution in [0, 0.1) is 18.7 Å². The number of hydrogen-bond acceptors (Lipinski definition) is 4. The molecule has 2 aromatic carbocycles. The number of hydrogen-bond donors (Lipinski definition) is 1. The van der Waals surface area contributed by atoms with Crippen molar-refractivity contribution in [3.05, 3.63) is 90.1 Å². The van der Waals surface area contributed by atoms with E-state index in [1.165, 1.54) is 12.1 Å². The van der Waals surface area contributed by atoms with E-state index in [4.69, 9.17) is 4.42 Å². The average molecular weight is 445 g/mol. The smallest absolute Gasteiger partial charge is 0.255 e. The molecule has 0 spiro atoms. The zero-order valence-corrected chi connectivity index (χ0v) is 18.4. The van der Waals surface area contributed by atoms with Crippen LogP contribution in [0.1, 0.15) is 22.5 Å². The monoisotopic (exact) mass is 444 g/mol. The van der Waals surface area contributed by atoms with Gasteiger partial charge >= 0.3 is 0 Å². The summed E-state index contributed by atoms with van der Waals surface area (Å²) in [5.74, 6) is 1.23. The van der Waals surface area contributed by atoms with Crippen LogP contribution in [0.15, 0.2) is 77.3 Å². The van der Waals surface area contributed by atoms with Crippen molar-refractivity contribution >= 4 is 11.6 Å². The maximum absolute atomic E-state index is 13.2. The molecule has 0 saturated carbocycles. The van der Waals surface area contributed by atoms with Crippen molar-refractivity contribution in [2.24, 2.45) is 5.92 Å². The molecule has 1 aliphatic heterocycles. The number of rotatable bonds is 6. The summed E-state index contributed by atoms with van der Waals surface area (Å²) in [7, 11) is 0. The third-order valence-corrected chi connectivity index (χ3v) is 5.98. The van der Waals surface area contributed by atoms with E-state index in [0.717, 1.165) is 36.6 Å². The fourth-order valence-electron chi connectivity index (χ4n) is 4.21. The number of carbonyl (C=O) groups excluding carboxylic acids is 1. The first-order valence-corrected chi connectivity index (χ1v) is 11.1. The van der Waals surface area contributed by atoms with E-state index in [-0.39, 0.29) is 11.7 Å². The normalized spacial score (nSPS) is 15.7. The zero-order valence-electron chi connectivity index (χ0n) is 18.4. The molecule has 0 bridgehead atoms. The summed E-state index contributed by atoms with van der Waals surface area (Å²) in [4.78, 5) is 15.4. The van der Waals surface area contributed by atoms with Crippen molar-refractivity contribution in [1.82, 2.24) is 15.1 Å². The molecule has 0 aliphatic carbocycles. The van der Waals surface area contributed by atoms with Crippen molar-refractivity contribution < 1.29 is 13.6 Å². The largest absolute Gasteiger partial charge is 0.460 e. The molecule has 1 unspecified atom stereocenters. The lowest BCUT2D eigenvalue weighted by Crippen LogP contribution is -2.31. The van der Waals surface area contributed by atoms with Gasteiger partial charge in [-0.2, -0.15) is 5.10 Å². The molecule has 5 rings (SSSR count). The predicted molar refractivity (Wildman–Crippen MR) is 125 cm³/mol. The molecule has 3 heterocycles. The average Bonchev–Trinajstić information content (AvgIpc) is 3.58. The lowest BCUT2D eigenvalue weighted by Gasteiger charge is -2.18. The van der Waals surface area contributed by atoms with E-state index in [2.05, 4.69) is 15.3 Å². The Morgan fingerprint density at radius 2 is 1.88 bits per heavy atom. The highest BCUT2D eigenvalue weighted by Crippen LogP contribution is 2.27. The van der Waals surface area contributed by atoms with E-state index in [0.29, 0.717) is 29.5 Å². The minimum atomic E-state index is -0.236. The number of carbonyl (C=O) groups is 1. The first-order valence-electron chi connectivity index (χ1n) is 11.1. The summed E-state index contributed by atoms with van der Waals surface area (Å²) in [5.41, 5.74) is 2.86. The third kappa shape index (κ3) is 4.53. The maximum atomic E-state index is 13.2. The predicted octanol–water partition coefficient (Wildman–Crippen LogP) is 4.84. The molecular weight excluding hydrogens is 419 g/mol. The molecule has 4 aromatic rings. The minimum absolute atomic E-state index is 0.179. The molecule has 33 heavy (non-hydrogen) atoms. The van der Waals surface area contributed by atoms with Gasteiger partial charge in [-0.25, -0.2) is 9.07 Å². The number of para-hydroxylation sites is 1. The molecule has 2 aromatic heterocycles. The van der Waals surface area contributed by atoms with E-state index in [9.17, 15) is 9.18 Å². The summed E-state index contributed by atoms with van der Waals surface area (Å²) in [6, 6.07) is 19.9. The molecule has 1 aliphatic rings. The Labute approximate surface area is 191 Å². The van der Waals surface area contributed by atoms with Gasteiger partial charge in [0.1, 0.15) is 17.3 Å². The second-order valence-electron chi connectivity index (χ2n) is 8.37. The number of halogens is 1. The minimum Gasteiger partial charge on any atom is -0.460 e. The second kappa shape index (κ2) is 8.94. The van der Waals surface area contributed by atoms with Crippen LogP contribution in [0.2, 0.25) is 0 Å². The van der Waals surface area contributed by atoms with E-state index >= 15 is 0 Å². The van der Waals surface area contributed by atoms with Crippen molar-refractivity contribution in [1.29, 1.82) is 0 Å². The zero-order chi connectivity index (χ0) is 22.8. The van der Waals surface area contributed by atoms with Gasteiger partial charge in [0.15, 0.2) is 5.76 Å². The summed E-state index contributed by atoms with van der Waals surface area (Å²) >= 11 is 0.